The molecule has 0 aromatic heterocycles. The Morgan fingerprint density at radius 3 is 2.14 bits per heavy atom. The average molecular weight is 382 g/mol. The van der Waals surface area contributed by atoms with E-state index in [0.29, 0.717) is 0 Å². The zero-order valence-corrected chi connectivity index (χ0v) is 17.4. The number of rotatable bonds is 7. The van der Waals surface area contributed by atoms with Crippen molar-refractivity contribution in [3.05, 3.63) is 59.7 Å². The van der Waals surface area contributed by atoms with Crippen LogP contribution in [0.5, 0.6) is 11.5 Å². The first-order valence-corrected chi connectivity index (χ1v) is 9.89. The average Bonchev–Trinajstić information content (AvgIpc) is 2.71. The first-order valence-electron chi connectivity index (χ1n) is 9.89. The van der Waals surface area contributed by atoms with Gasteiger partial charge in [0.05, 0.1) is 19.8 Å². The summed E-state index contributed by atoms with van der Waals surface area (Å²) >= 11 is 0. The lowest BCUT2D eigenvalue weighted by atomic mass is 9.67. The monoisotopic (exact) mass is 381 g/mol. The molecule has 1 aliphatic rings. The van der Waals surface area contributed by atoms with Crippen molar-refractivity contribution in [2.75, 3.05) is 27.4 Å². The third kappa shape index (κ3) is 4.93. The Balaban J connectivity index is 1.74. The molecule has 4 heteroatoms. The second-order valence-electron chi connectivity index (χ2n) is 8.10. The molecular formula is C24H31NO3. The van der Waals surface area contributed by atoms with Crippen LogP contribution in [-0.4, -0.2) is 39.2 Å². The highest BCUT2D eigenvalue weighted by Gasteiger charge is 2.41. The number of ether oxygens (including phenoxy) is 3. The zero-order valence-electron chi connectivity index (χ0n) is 17.4. The lowest BCUT2D eigenvalue weighted by Crippen LogP contribution is -2.44. The molecule has 1 fully saturated rings. The molecule has 1 unspecified atom stereocenters. The van der Waals surface area contributed by atoms with Gasteiger partial charge in [-0.1, -0.05) is 12.1 Å². The van der Waals surface area contributed by atoms with Gasteiger partial charge < -0.3 is 14.2 Å². The van der Waals surface area contributed by atoms with E-state index in [1.165, 1.54) is 5.56 Å². The van der Waals surface area contributed by atoms with Crippen LogP contribution in [0.15, 0.2) is 53.5 Å². The Kier molecular flexibility index (Phi) is 6.40. The largest absolute Gasteiger partial charge is 0.497 e. The molecule has 150 valence electrons. The van der Waals surface area contributed by atoms with Gasteiger partial charge in [0.2, 0.25) is 0 Å². The summed E-state index contributed by atoms with van der Waals surface area (Å²) in [5, 5.41) is 0. The first kappa shape index (κ1) is 20.4. The van der Waals surface area contributed by atoms with Crippen LogP contribution in [0.2, 0.25) is 0 Å². The Labute approximate surface area is 168 Å². The van der Waals surface area contributed by atoms with E-state index >= 15 is 0 Å². The van der Waals surface area contributed by atoms with E-state index < -0.39 is 0 Å². The molecule has 1 saturated heterocycles. The summed E-state index contributed by atoms with van der Waals surface area (Å²) < 4.78 is 16.6. The zero-order chi connectivity index (χ0) is 20.0. The van der Waals surface area contributed by atoms with E-state index in [2.05, 4.69) is 38.1 Å². The summed E-state index contributed by atoms with van der Waals surface area (Å²) in [6, 6.07) is 16.5. The van der Waals surface area contributed by atoms with Crippen LogP contribution in [0.4, 0.5) is 0 Å². The van der Waals surface area contributed by atoms with E-state index in [0.717, 1.165) is 49.5 Å². The molecule has 2 aromatic carbocycles. The van der Waals surface area contributed by atoms with Gasteiger partial charge in [-0.2, -0.15) is 0 Å². The summed E-state index contributed by atoms with van der Waals surface area (Å²) in [4.78, 5) is 4.71. The molecule has 0 aliphatic carbocycles. The maximum Gasteiger partial charge on any atom is 0.118 e. The summed E-state index contributed by atoms with van der Waals surface area (Å²) in [5.41, 5.74) is 2.39. The van der Waals surface area contributed by atoms with Crippen molar-refractivity contribution in [3.63, 3.8) is 0 Å². The molecular weight excluding hydrogens is 350 g/mol. The molecule has 0 N–H and O–H groups in total. The standard InChI is InChI=1S/C24H31NO3/c1-23(2)18-24(14-16-28-23,20-7-11-22(27-4)12-8-20)13-15-25-17-19-5-9-21(26-3)10-6-19/h5-12,17H,13-16,18H2,1-4H3. The number of benzene rings is 2. The van der Waals surface area contributed by atoms with Gasteiger partial charge in [0.1, 0.15) is 11.5 Å². The van der Waals surface area contributed by atoms with Gasteiger partial charge in [-0.15, -0.1) is 0 Å². The number of hydrogen-bond donors (Lipinski definition) is 0. The van der Waals surface area contributed by atoms with Crippen molar-refractivity contribution in [2.24, 2.45) is 4.99 Å². The lowest BCUT2D eigenvalue weighted by Gasteiger charge is -2.45. The highest BCUT2D eigenvalue weighted by Crippen LogP contribution is 2.44. The lowest BCUT2D eigenvalue weighted by molar-refractivity contribution is -0.0836. The van der Waals surface area contributed by atoms with Crippen molar-refractivity contribution in [1.29, 1.82) is 0 Å². The SMILES string of the molecule is COc1ccc(C=NCCC2(c3ccc(OC)cc3)CCOC(C)(C)C2)cc1. The van der Waals surface area contributed by atoms with Gasteiger partial charge in [-0.3, -0.25) is 4.99 Å². The maximum atomic E-state index is 6.01. The molecule has 3 rings (SSSR count). The number of methoxy groups -OCH3 is 2. The van der Waals surface area contributed by atoms with Gasteiger partial charge in [0.15, 0.2) is 0 Å². The van der Waals surface area contributed by atoms with E-state index in [1.807, 2.05) is 30.5 Å². The molecule has 28 heavy (non-hydrogen) atoms. The molecule has 0 radical (unpaired) electrons. The highest BCUT2D eigenvalue weighted by molar-refractivity contribution is 5.79. The first-order chi connectivity index (χ1) is 13.5. The van der Waals surface area contributed by atoms with Crippen LogP contribution in [0.1, 0.15) is 44.2 Å². The van der Waals surface area contributed by atoms with Gasteiger partial charge in [0.25, 0.3) is 0 Å². The second-order valence-corrected chi connectivity index (χ2v) is 8.10. The molecule has 0 spiro atoms. The Hall–Kier alpha value is -2.33. The smallest absolute Gasteiger partial charge is 0.118 e. The van der Waals surface area contributed by atoms with Crippen LogP contribution in [0.25, 0.3) is 0 Å². The van der Waals surface area contributed by atoms with Crippen LogP contribution in [-0.2, 0) is 10.2 Å². The molecule has 0 saturated carbocycles. The third-order valence-corrected chi connectivity index (χ3v) is 5.62. The molecule has 1 aliphatic heterocycles. The molecule has 4 nitrogen and oxygen atoms in total. The van der Waals surface area contributed by atoms with Crippen molar-refractivity contribution in [3.8, 4) is 11.5 Å². The minimum atomic E-state index is -0.127. The van der Waals surface area contributed by atoms with Crippen LogP contribution in [0, 0.1) is 0 Å². The molecule has 2 aromatic rings. The van der Waals surface area contributed by atoms with Crippen molar-refractivity contribution in [1.82, 2.24) is 0 Å². The Morgan fingerprint density at radius 2 is 1.57 bits per heavy atom. The fraction of sp³-hybridized carbons (Fsp3) is 0.458. The van der Waals surface area contributed by atoms with E-state index in [4.69, 9.17) is 19.2 Å². The fourth-order valence-corrected chi connectivity index (χ4v) is 4.16. The third-order valence-electron chi connectivity index (χ3n) is 5.62. The van der Waals surface area contributed by atoms with Crippen LogP contribution in [0.3, 0.4) is 0 Å². The van der Waals surface area contributed by atoms with Gasteiger partial charge >= 0.3 is 0 Å². The Bertz CT molecular complexity index is 781. The van der Waals surface area contributed by atoms with Gasteiger partial charge in [-0.25, -0.2) is 0 Å². The topological polar surface area (TPSA) is 40.0 Å². The van der Waals surface area contributed by atoms with Gasteiger partial charge in [-0.05, 0) is 80.6 Å². The summed E-state index contributed by atoms with van der Waals surface area (Å²) in [6.45, 7) is 5.94. The van der Waals surface area contributed by atoms with Gasteiger partial charge in [0, 0.05) is 24.8 Å². The van der Waals surface area contributed by atoms with E-state index in [-0.39, 0.29) is 11.0 Å². The normalized spacial score (nSPS) is 21.6. The predicted octanol–water partition coefficient (Wildman–Crippen LogP) is 5.04. The summed E-state index contributed by atoms with van der Waals surface area (Å²) in [7, 11) is 3.38. The molecule has 0 bridgehead atoms. The van der Waals surface area contributed by atoms with E-state index in [1.54, 1.807) is 14.2 Å². The summed E-state index contributed by atoms with van der Waals surface area (Å²) in [5.74, 6) is 1.75. The number of aliphatic imine (C=N–C) groups is 1. The Morgan fingerprint density at radius 1 is 0.964 bits per heavy atom. The van der Waals surface area contributed by atoms with Crippen LogP contribution < -0.4 is 9.47 Å². The number of nitrogens with zero attached hydrogens (tertiary/aromatic N) is 1. The van der Waals surface area contributed by atoms with E-state index in [9.17, 15) is 0 Å². The van der Waals surface area contributed by atoms with Crippen LogP contribution >= 0.6 is 0 Å². The quantitative estimate of drug-likeness (QED) is 0.631. The number of hydrogen-bond acceptors (Lipinski definition) is 4. The summed E-state index contributed by atoms with van der Waals surface area (Å²) in [6.07, 6.45) is 4.95. The minimum Gasteiger partial charge on any atom is -0.497 e. The second kappa shape index (κ2) is 8.78. The minimum absolute atomic E-state index is 0.0747. The predicted molar refractivity (Wildman–Crippen MR) is 114 cm³/mol. The fourth-order valence-electron chi connectivity index (χ4n) is 4.16. The van der Waals surface area contributed by atoms with Crippen molar-refractivity contribution >= 4 is 6.21 Å². The highest BCUT2D eigenvalue weighted by atomic mass is 16.5. The maximum absolute atomic E-state index is 6.01. The molecule has 1 atom stereocenters. The molecule has 0 amide bonds. The van der Waals surface area contributed by atoms with Crippen molar-refractivity contribution in [2.45, 2.75) is 44.1 Å². The van der Waals surface area contributed by atoms with Crippen molar-refractivity contribution < 1.29 is 14.2 Å². The molecule has 1 heterocycles.